The SMILES string of the molecule is O=S(=O)(c1ccc(Cl)cc1)c1nc(/C=C/c2ccccc2)oc1N1CCOCC1. The molecule has 1 aromatic heterocycles. The Labute approximate surface area is 174 Å². The van der Waals surface area contributed by atoms with Crippen molar-refractivity contribution in [3.05, 3.63) is 71.1 Å². The minimum absolute atomic E-state index is 0.102. The fraction of sp³-hybridized carbons (Fsp3) is 0.190. The van der Waals surface area contributed by atoms with Gasteiger partial charge in [-0.1, -0.05) is 41.9 Å². The Bertz CT molecular complexity index is 1100. The van der Waals surface area contributed by atoms with Crippen molar-refractivity contribution in [2.75, 3.05) is 31.2 Å². The number of halogens is 1. The minimum atomic E-state index is -3.88. The lowest BCUT2D eigenvalue weighted by molar-refractivity contribution is 0.120. The van der Waals surface area contributed by atoms with Crippen LogP contribution in [0, 0.1) is 0 Å². The molecule has 0 amide bonds. The summed E-state index contributed by atoms with van der Waals surface area (Å²) in [5, 5.41) is 0.360. The van der Waals surface area contributed by atoms with Crippen LogP contribution in [0.15, 0.2) is 68.9 Å². The molecular weight excluding hydrogens is 412 g/mol. The third-order valence-electron chi connectivity index (χ3n) is 4.49. The van der Waals surface area contributed by atoms with Gasteiger partial charge in [0.05, 0.1) is 18.1 Å². The number of morpholine rings is 1. The average molecular weight is 431 g/mol. The van der Waals surface area contributed by atoms with Gasteiger partial charge in [0.15, 0.2) is 0 Å². The van der Waals surface area contributed by atoms with E-state index in [1.165, 1.54) is 12.1 Å². The molecule has 3 aromatic rings. The summed E-state index contributed by atoms with van der Waals surface area (Å²) in [7, 11) is -3.88. The van der Waals surface area contributed by atoms with Crippen molar-refractivity contribution >= 4 is 39.5 Å². The molecular formula is C21H19ClN2O4S. The van der Waals surface area contributed by atoms with E-state index in [2.05, 4.69) is 4.98 Å². The maximum atomic E-state index is 13.2. The number of ether oxygens (including phenoxy) is 1. The zero-order chi connectivity index (χ0) is 20.3. The Morgan fingerprint density at radius 2 is 1.66 bits per heavy atom. The van der Waals surface area contributed by atoms with Crippen molar-refractivity contribution in [2.24, 2.45) is 0 Å². The molecule has 1 saturated heterocycles. The smallest absolute Gasteiger partial charge is 0.236 e. The van der Waals surface area contributed by atoms with Crippen LogP contribution in [0.2, 0.25) is 5.02 Å². The largest absolute Gasteiger partial charge is 0.420 e. The molecule has 0 aliphatic carbocycles. The zero-order valence-corrected chi connectivity index (χ0v) is 17.1. The van der Waals surface area contributed by atoms with Gasteiger partial charge in [-0.3, -0.25) is 0 Å². The highest BCUT2D eigenvalue weighted by atomic mass is 35.5. The predicted octanol–water partition coefficient (Wildman–Crippen LogP) is 4.17. The molecule has 0 atom stereocenters. The Hall–Kier alpha value is -2.61. The van der Waals surface area contributed by atoms with Crippen molar-refractivity contribution in [3.63, 3.8) is 0 Å². The standard InChI is InChI=1S/C21H19ClN2O4S/c22-17-7-9-18(10-8-17)29(25,26)20-21(24-12-14-27-15-13-24)28-19(23-20)11-6-16-4-2-1-3-5-16/h1-11H,12-15H2/b11-6+. The molecule has 0 radical (unpaired) electrons. The van der Waals surface area contributed by atoms with E-state index < -0.39 is 9.84 Å². The summed E-state index contributed by atoms with van der Waals surface area (Å²) in [4.78, 5) is 6.27. The quantitative estimate of drug-likeness (QED) is 0.605. The number of oxazole rings is 1. The zero-order valence-electron chi connectivity index (χ0n) is 15.5. The van der Waals surface area contributed by atoms with Gasteiger partial charge in [-0.2, -0.15) is 4.98 Å². The number of aromatic nitrogens is 1. The first-order chi connectivity index (χ1) is 14.0. The Kier molecular flexibility index (Phi) is 5.71. The van der Waals surface area contributed by atoms with Gasteiger partial charge in [0.25, 0.3) is 0 Å². The third kappa shape index (κ3) is 4.37. The van der Waals surface area contributed by atoms with Crippen LogP contribution in [0.25, 0.3) is 12.2 Å². The number of anilines is 1. The second-order valence-electron chi connectivity index (χ2n) is 6.46. The number of hydrogen-bond acceptors (Lipinski definition) is 6. The second kappa shape index (κ2) is 8.41. The first-order valence-electron chi connectivity index (χ1n) is 9.11. The number of benzene rings is 2. The lowest BCUT2D eigenvalue weighted by Crippen LogP contribution is -2.36. The number of hydrogen-bond donors (Lipinski definition) is 0. The van der Waals surface area contributed by atoms with Crippen molar-refractivity contribution in [3.8, 4) is 0 Å². The average Bonchev–Trinajstić information content (AvgIpc) is 3.19. The van der Waals surface area contributed by atoms with Crippen LogP contribution >= 0.6 is 11.6 Å². The van der Waals surface area contributed by atoms with Crippen LogP contribution in [0.5, 0.6) is 0 Å². The van der Waals surface area contributed by atoms with E-state index in [1.807, 2.05) is 41.3 Å². The molecule has 4 rings (SSSR count). The van der Waals surface area contributed by atoms with Gasteiger partial charge in [-0.25, -0.2) is 8.42 Å². The van der Waals surface area contributed by atoms with Gasteiger partial charge in [-0.15, -0.1) is 0 Å². The van der Waals surface area contributed by atoms with Crippen molar-refractivity contribution < 1.29 is 17.6 Å². The van der Waals surface area contributed by atoms with Crippen LogP contribution < -0.4 is 4.90 Å². The van der Waals surface area contributed by atoms with Gasteiger partial charge in [0.1, 0.15) is 0 Å². The highest BCUT2D eigenvalue weighted by Gasteiger charge is 2.31. The fourth-order valence-corrected chi connectivity index (χ4v) is 4.44. The van der Waals surface area contributed by atoms with Crippen LogP contribution in [-0.4, -0.2) is 39.7 Å². The maximum absolute atomic E-state index is 13.2. The van der Waals surface area contributed by atoms with E-state index in [1.54, 1.807) is 18.2 Å². The van der Waals surface area contributed by atoms with Crippen molar-refractivity contribution in [1.29, 1.82) is 0 Å². The highest BCUT2D eigenvalue weighted by molar-refractivity contribution is 7.91. The lowest BCUT2D eigenvalue weighted by atomic mass is 10.2. The second-order valence-corrected chi connectivity index (χ2v) is 8.76. The Morgan fingerprint density at radius 3 is 2.34 bits per heavy atom. The van der Waals surface area contributed by atoms with Crippen molar-refractivity contribution in [2.45, 2.75) is 9.92 Å². The first-order valence-corrected chi connectivity index (χ1v) is 11.0. The molecule has 8 heteroatoms. The van der Waals surface area contributed by atoms with Gasteiger partial charge in [-0.05, 0) is 35.9 Å². The summed E-state index contributed by atoms with van der Waals surface area (Å²) in [5.41, 5.74) is 0.959. The molecule has 1 fully saturated rings. The van der Waals surface area contributed by atoms with E-state index in [-0.39, 0.29) is 21.7 Å². The molecule has 1 aliphatic heterocycles. The number of sulfone groups is 1. The summed E-state index contributed by atoms with van der Waals surface area (Å²) < 4.78 is 37.7. The highest BCUT2D eigenvalue weighted by Crippen LogP contribution is 2.32. The molecule has 29 heavy (non-hydrogen) atoms. The van der Waals surface area contributed by atoms with Gasteiger partial charge >= 0.3 is 0 Å². The molecule has 0 saturated carbocycles. The first kappa shape index (κ1) is 19.7. The van der Waals surface area contributed by atoms with Gasteiger partial charge < -0.3 is 14.1 Å². The molecule has 0 unspecified atom stereocenters. The van der Waals surface area contributed by atoms with E-state index >= 15 is 0 Å². The summed E-state index contributed by atoms with van der Waals surface area (Å²) in [6.45, 7) is 2.05. The molecule has 2 heterocycles. The summed E-state index contributed by atoms with van der Waals surface area (Å²) >= 11 is 5.90. The summed E-state index contributed by atoms with van der Waals surface area (Å²) in [5.74, 6) is 0.457. The predicted molar refractivity (Wildman–Crippen MR) is 112 cm³/mol. The molecule has 2 aromatic carbocycles. The molecule has 150 valence electrons. The molecule has 0 bridgehead atoms. The van der Waals surface area contributed by atoms with E-state index in [9.17, 15) is 8.42 Å². The van der Waals surface area contributed by atoms with Crippen LogP contribution in [0.3, 0.4) is 0 Å². The Balaban J connectivity index is 1.75. The van der Waals surface area contributed by atoms with Gasteiger partial charge in [0, 0.05) is 24.2 Å². The monoisotopic (exact) mass is 430 g/mol. The van der Waals surface area contributed by atoms with E-state index in [0.29, 0.717) is 31.3 Å². The van der Waals surface area contributed by atoms with Crippen LogP contribution in [-0.2, 0) is 14.6 Å². The molecule has 0 spiro atoms. The maximum Gasteiger partial charge on any atom is 0.236 e. The van der Waals surface area contributed by atoms with E-state index in [0.717, 1.165) is 5.56 Å². The summed E-state index contributed by atoms with van der Waals surface area (Å²) in [6, 6.07) is 15.7. The fourth-order valence-electron chi connectivity index (χ4n) is 2.98. The normalized spacial score (nSPS) is 15.1. The van der Waals surface area contributed by atoms with Crippen LogP contribution in [0.1, 0.15) is 11.5 Å². The lowest BCUT2D eigenvalue weighted by Gasteiger charge is -2.26. The molecule has 0 N–H and O–H groups in total. The summed E-state index contributed by atoms with van der Waals surface area (Å²) in [6.07, 6.45) is 3.49. The minimum Gasteiger partial charge on any atom is -0.420 e. The van der Waals surface area contributed by atoms with Gasteiger partial charge in [0.2, 0.25) is 26.6 Å². The van der Waals surface area contributed by atoms with Crippen LogP contribution in [0.4, 0.5) is 5.88 Å². The molecule has 6 nitrogen and oxygen atoms in total. The van der Waals surface area contributed by atoms with Crippen molar-refractivity contribution in [1.82, 2.24) is 4.98 Å². The van der Waals surface area contributed by atoms with E-state index in [4.69, 9.17) is 20.8 Å². The number of nitrogens with zero attached hydrogens (tertiary/aromatic N) is 2. The third-order valence-corrected chi connectivity index (χ3v) is 6.41. The topological polar surface area (TPSA) is 72.6 Å². The molecule has 1 aliphatic rings. The Morgan fingerprint density at radius 1 is 0.966 bits per heavy atom. The number of rotatable bonds is 5.